The zero-order valence-corrected chi connectivity index (χ0v) is 32.5. The molecule has 1 amide bonds. The van der Waals surface area contributed by atoms with Gasteiger partial charge < -0.3 is 33.3 Å². The largest absolute Gasteiger partial charge is 0.468 e. The molecule has 7 heterocycles. The molecule has 0 aliphatic carbocycles. The van der Waals surface area contributed by atoms with Crippen molar-refractivity contribution in [1.29, 1.82) is 0 Å². The average molecular weight is 771 g/mol. The van der Waals surface area contributed by atoms with E-state index in [1.807, 2.05) is 55.1 Å². The van der Waals surface area contributed by atoms with Crippen LogP contribution in [-0.2, 0) is 32.0 Å². The van der Waals surface area contributed by atoms with Gasteiger partial charge in [-0.3, -0.25) is 19.3 Å². The third kappa shape index (κ3) is 6.79. The molecular weight excluding hydrogens is 722 g/mol. The maximum atomic E-state index is 15.2. The van der Waals surface area contributed by atoms with Crippen LogP contribution in [0, 0.1) is 5.92 Å². The van der Waals surface area contributed by atoms with E-state index in [0.717, 1.165) is 41.4 Å². The van der Waals surface area contributed by atoms with Gasteiger partial charge in [-0.05, 0) is 48.9 Å². The molecule has 2 atom stereocenters. The van der Waals surface area contributed by atoms with Crippen molar-refractivity contribution < 1.29 is 32.4 Å². The fourth-order valence-electron chi connectivity index (χ4n) is 8.72. The lowest BCUT2D eigenvalue weighted by Gasteiger charge is -2.29. The molecule has 1 aromatic carbocycles. The number of aromatic nitrogens is 5. The molecule has 0 N–H and O–H groups in total. The Morgan fingerprint density at radius 1 is 1.04 bits per heavy atom. The number of halogens is 2. The number of hydrogen-bond donors (Lipinski definition) is 0. The SMILES string of the molecule is COC(=O)C(c1cc(N2CCC(n3cc(-c4ccc(N(C)c5nn(C6CCOCC6)c6c5CN(C(C)=O)CC6)cc4C(F)F)c4cnccc43)C2)no1)C(C)C. The highest BCUT2D eigenvalue weighted by Crippen LogP contribution is 2.43. The number of carbonyl (C=O) groups excluding carboxylic acids is 2. The van der Waals surface area contributed by atoms with Crippen LogP contribution in [0.4, 0.5) is 26.1 Å². The lowest BCUT2D eigenvalue weighted by molar-refractivity contribution is -0.144. The van der Waals surface area contributed by atoms with E-state index in [4.69, 9.17) is 19.1 Å². The van der Waals surface area contributed by atoms with Gasteiger partial charge in [0, 0.05) is 111 Å². The monoisotopic (exact) mass is 770 g/mol. The van der Waals surface area contributed by atoms with Gasteiger partial charge >= 0.3 is 5.97 Å². The van der Waals surface area contributed by atoms with Crippen LogP contribution in [0.1, 0.15) is 87.0 Å². The van der Waals surface area contributed by atoms with Gasteiger partial charge in [0.2, 0.25) is 5.91 Å². The molecule has 2 unspecified atom stereocenters. The van der Waals surface area contributed by atoms with Crippen molar-refractivity contribution in [2.24, 2.45) is 5.92 Å². The number of methoxy groups -OCH3 is 1. The van der Waals surface area contributed by atoms with Gasteiger partial charge in [-0.1, -0.05) is 25.1 Å². The summed E-state index contributed by atoms with van der Waals surface area (Å²) >= 11 is 0. The molecule has 13 nitrogen and oxygen atoms in total. The number of ether oxygens (including phenoxy) is 2. The molecule has 0 spiro atoms. The quantitative estimate of drug-likeness (QED) is 0.135. The molecule has 3 aliphatic heterocycles. The predicted octanol–water partition coefficient (Wildman–Crippen LogP) is 7.21. The first kappa shape index (κ1) is 37.6. The van der Waals surface area contributed by atoms with Crippen molar-refractivity contribution in [3.05, 3.63) is 71.5 Å². The lowest BCUT2D eigenvalue weighted by atomic mass is 9.93. The predicted molar refractivity (Wildman–Crippen MR) is 206 cm³/mol. The van der Waals surface area contributed by atoms with Gasteiger partial charge in [-0.25, -0.2) is 8.78 Å². The summed E-state index contributed by atoms with van der Waals surface area (Å²) in [6.07, 6.45) is 5.83. The second kappa shape index (κ2) is 15.3. The highest BCUT2D eigenvalue weighted by atomic mass is 19.3. The fourth-order valence-corrected chi connectivity index (χ4v) is 8.72. The average Bonchev–Trinajstić information content (AvgIpc) is 4.02. The highest BCUT2D eigenvalue weighted by molar-refractivity contribution is 5.97. The van der Waals surface area contributed by atoms with E-state index in [1.54, 1.807) is 31.5 Å². The summed E-state index contributed by atoms with van der Waals surface area (Å²) < 4.78 is 50.9. The molecule has 56 heavy (non-hydrogen) atoms. The van der Waals surface area contributed by atoms with Crippen molar-refractivity contribution in [3.63, 3.8) is 0 Å². The zero-order chi connectivity index (χ0) is 39.2. The Morgan fingerprint density at radius 2 is 1.84 bits per heavy atom. The molecule has 0 bridgehead atoms. The minimum absolute atomic E-state index is 0.00549. The fraction of sp³-hybridized carbons (Fsp3) is 0.488. The molecule has 15 heteroatoms. The topological polar surface area (TPSA) is 124 Å². The molecular formula is C41H48F2N8O5. The number of hydrogen-bond acceptors (Lipinski definition) is 10. The van der Waals surface area contributed by atoms with Crippen LogP contribution < -0.4 is 9.80 Å². The van der Waals surface area contributed by atoms with Crippen LogP contribution in [0.3, 0.4) is 0 Å². The molecule has 3 aliphatic rings. The van der Waals surface area contributed by atoms with E-state index in [9.17, 15) is 9.59 Å². The molecule has 8 rings (SSSR count). The lowest BCUT2D eigenvalue weighted by Crippen LogP contribution is -2.35. The summed E-state index contributed by atoms with van der Waals surface area (Å²) in [5.41, 5.74) is 4.55. The number of fused-ring (bicyclic) bond motifs is 2. The van der Waals surface area contributed by atoms with Crippen LogP contribution >= 0.6 is 0 Å². The van der Waals surface area contributed by atoms with E-state index in [-0.39, 0.29) is 35.4 Å². The van der Waals surface area contributed by atoms with Crippen molar-refractivity contribution in [1.82, 2.24) is 29.4 Å². The molecule has 0 radical (unpaired) electrons. The molecule has 2 fully saturated rings. The minimum Gasteiger partial charge on any atom is -0.468 e. The van der Waals surface area contributed by atoms with Crippen LogP contribution in [0.15, 0.2) is 53.4 Å². The number of benzene rings is 1. The second-order valence-corrected chi connectivity index (χ2v) is 15.4. The van der Waals surface area contributed by atoms with E-state index >= 15 is 8.78 Å². The molecule has 0 saturated carbocycles. The van der Waals surface area contributed by atoms with Crippen molar-refractivity contribution in [3.8, 4) is 11.1 Å². The third-order valence-electron chi connectivity index (χ3n) is 11.8. The molecule has 5 aromatic rings. The Labute approximate surface area is 324 Å². The highest BCUT2D eigenvalue weighted by Gasteiger charge is 2.34. The molecule has 2 saturated heterocycles. The second-order valence-electron chi connectivity index (χ2n) is 15.4. The van der Waals surface area contributed by atoms with Gasteiger partial charge in [-0.15, -0.1) is 0 Å². The van der Waals surface area contributed by atoms with Crippen LogP contribution in [0.25, 0.3) is 22.0 Å². The number of alkyl halides is 2. The Kier molecular flexibility index (Phi) is 10.3. The first-order valence-corrected chi connectivity index (χ1v) is 19.4. The number of rotatable bonds is 10. The van der Waals surface area contributed by atoms with Gasteiger partial charge in [0.15, 0.2) is 17.4 Å². The minimum atomic E-state index is -2.75. The van der Waals surface area contributed by atoms with E-state index in [2.05, 4.69) is 24.3 Å². The van der Waals surface area contributed by atoms with Crippen LogP contribution in [0.2, 0.25) is 0 Å². The standard InChI is InChI=1S/C41H48F2N8O5/c1-24(2)38(41(53)54-5)36-19-37(46-56-36)49-14-9-28(21-49)50-23-32(31-20-44-13-8-34(31)50)29-7-6-27(18-30(29)39(42)43)47(4)40-33-22-48(25(3)52)15-10-35(33)51(45-40)26-11-16-55-17-12-26/h6-8,13,18-20,23-24,26,28,38-39H,9-12,14-17,21-22H2,1-5H3. The van der Waals surface area contributed by atoms with E-state index in [1.165, 1.54) is 7.11 Å². The maximum Gasteiger partial charge on any atom is 0.316 e. The Morgan fingerprint density at radius 3 is 2.57 bits per heavy atom. The summed E-state index contributed by atoms with van der Waals surface area (Å²) in [6.45, 7) is 9.10. The summed E-state index contributed by atoms with van der Waals surface area (Å²) in [6, 6.07) is 9.12. The Bertz CT molecular complexity index is 2240. The number of anilines is 3. The first-order chi connectivity index (χ1) is 27.0. The normalized spacial score (nSPS) is 18.3. The summed E-state index contributed by atoms with van der Waals surface area (Å²) in [7, 11) is 3.22. The van der Waals surface area contributed by atoms with Gasteiger partial charge in [0.05, 0.1) is 31.3 Å². The van der Waals surface area contributed by atoms with Crippen LogP contribution in [-0.4, -0.2) is 88.3 Å². The summed E-state index contributed by atoms with van der Waals surface area (Å²) in [5.74, 6) is 0.800. The van der Waals surface area contributed by atoms with Crippen molar-refractivity contribution >= 4 is 40.1 Å². The van der Waals surface area contributed by atoms with E-state index < -0.39 is 12.3 Å². The van der Waals surface area contributed by atoms with Crippen molar-refractivity contribution in [2.45, 2.75) is 77.4 Å². The first-order valence-electron chi connectivity index (χ1n) is 19.4. The smallest absolute Gasteiger partial charge is 0.316 e. The van der Waals surface area contributed by atoms with Crippen LogP contribution in [0.5, 0.6) is 0 Å². The number of nitrogens with zero attached hydrogens (tertiary/aromatic N) is 8. The zero-order valence-electron chi connectivity index (χ0n) is 32.5. The van der Waals surface area contributed by atoms with Gasteiger partial charge in [0.1, 0.15) is 5.92 Å². The number of amides is 1. The van der Waals surface area contributed by atoms with Gasteiger partial charge in [-0.2, -0.15) is 5.10 Å². The molecule has 296 valence electrons. The van der Waals surface area contributed by atoms with E-state index in [0.29, 0.717) is 80.0 Å². The summed E-state index contributed by atoms with van der Waals surface area (Å²) in [4.78, 5) is 35.1. The Hall–Kier alpha value is -5.31. The number of esters is 1. The molecule has 4 aromatic heterocycles. The third-order valence-corrected chi connectivity index (χ3v) is 11.8. The maximum absolute atomic E-state index is 15.2. The number of carbonyl (C=O) groups is 2. The Balaban J connectivity index is 1.11. The number of pyridine rings is 1. The van der Waals surface area contributed by atoms with Gasteiger partial charge in [0.25, 0.3) is 6.43 Å². The van der Waals surface area contributed by atoms with Crippen molar-refractivity contribution in [2.75, 3.05) is 56.8 Å². The summed E-state index contributed by atoms with van der Waals surface area (Å²) in [5, 5.41) is 10.2.